The summed E-state index contributed by atoms with van der Waals surface area (Å²) in [5, 5.41) is 3.76. The van der Waals surface area contributed by atoms with Gasteiger partial charge in [-0.05, 0) is 62.5 Å². The quantitative estimate of drug-likeness (QED) is 0.827. The summed E-state index contributed by atoms with van der Waals surface area (Å²) in [6.07, 6.45) is 5.39. The first kappa shape index (κ1) is 15.6. The van der Waals surface area contributed by atoms with Gasteiger partial charge in [0.2, 0.25) is 0 Å². The maximum Gasteiger partial charge on any atom is 0.0136 e. The maximum atomic E-state index is 3.76. The molecule has 0 bridgehead atoms. The summed E-state index contributed by atoms with van der Waals surface area (Å²) >= 11 is 0. The molecule has 1 aliphatic carbocycles. The van der Waals surface area contributed by atoms with E-state index in [1.54, 1.807) is 0 Å². The van der Waals surface area contributed by atoms with Gasteiger partial charge >= 0.3 is 0 Å². The van der Waals surface area contributed by atoms with Gasteiger partial charge in [0.1, 0.15) is 0 Å². The van der Waals surface area contributed by atoms with E-state index >= 15 is 0 Å². The smallest absolute Gasteiger partial charge is 0.0136 e. The third-order valence-electron chi connectivity index (χ3n) is 4.79. The second-order valence-corrected chi connectivity index (χ2v) is 7.03. The molecule has 20 heavy (non-hydrogen) atoms. The minimum Gasteiger partial charge on any atom is -0.314 e. The van der Waals surface area contributed by atoms with Crippen LogP contribution in [0.25, 0.3) is 0 Å². The van der Waals surface area contributed by atoms with E-state index in [-0.39, 0.29) is 0 Å². The van der Waals surface area contributed by atoms with E-state index in [0.29, 0.717) is 6.04 Å². The lowest BCUT2D eigenvalue weighted by molar-refractivity contribution is 0.176. The van der Waals surface area contributed by atoms with Gasteiger partial charge in [-0.1, -0.05) is 50.6 Å². The number of hydrogen-bond donors (Lipinski definition) is 1. The van der Waals surface area contributed by atoms with Crippen LogP contribution < -0.4 is 5.32 Å². The Kier molecular flexibility index (Phi) is 5.65. The molecule has 1 heteroatoms. The lowest BCUT2D eigenvalue weighted by Crippen LogP contribution is -2.41. The predicted molar refractivity (Wildman–Crippen MR) is 88.0 cm³/mol. The van der Waals surface area contributed by atoms with Crippen molar-refractivity contribution in [2.75, 3.05) is 6.54 Å². The molecular weight excluding hydrogens is 242 g/mol. The molecule has 1 aromatic carbocycles. The van der Waals surface area contributed by atoms with E-state index in [2.05, 4.69) is 57.3 Å². The normalized spacial score (nSPS) is 28.3. The van der Waals surface area contributed by atoms with Crippen molar-refractivity contribution in [1.82, 2.24) is 5.32 Å². The first-order chi connectivity index (χ1) is 9.58. The molecule has 0 radical (unpaired) electrons. The van der Waals surface area contributed by atoms with Gasteiger partial charge < -0.3 is 5.32 Å². The van der Waals surface area contributed by atoms with Gasteiger partial charge in [0.15, 0.2) is 0 Å². The van der Waals surface area contributed by atoms with Crippen molar-refractivity contribution in [3.05, 3.63) is 35.4 Å². The molecule has 0 amide bonds. The minimum absolute atomic E-state index is 0.645. The van der Waals surface area contributed by atoms with Gasteiger partial charge in [-0.3, -0.25) is 0 Å². The molecule has 1 N–H and O–H groups in total. The highest BCUT2D eigenvalue weighted by molar-refractivity contribution is 5.23. The Morgan fingerprint density at radius 1 is 1.15 bits per heavy atom. The van der Waals surface area contributed by atoms with Crippen molar-refractivity contribution < 1.29 is 0 Å². The second kappa shape index (κ2) is 7.26. The molecule has 0 aromatic heterocycles. The highest BCUT2D eigenvalue weighted by Gasteiger charge is 2.29. The number of likely N-dealkylation sites (N-methyl/N-ethyl adjacent to an activating group) is 1. The summed E-state index contributed by atoms with van der Waals surface area (Å²) in [6, 6.07) is 9.66. The second-order valence-electron chi connectivity index (χ2n) is 7.03. The summed E-state index contributed by atoms with van der Waals surface area (Å²) in [5.74, 6) is 2.62. The minimum atomic E-state index is 0.645. The van der Waals surface area contributed by atoms with Crippen molar-refractivity contribution in [1.29, 1.82) is 0 Å². The molecule has 1 fully saturated rings. The highest BCUT2D eigenvalue weighted by Crippen LogP contribution is 2.35. The Morgan fingerprint density at radius 3 is 2.45 bits per heavy atom. The van der Waals surface area contributed by atoms with Gasteiger partial charge in [-0.2, -0.15) is 0 Å². The van der Waals surface area contributed by atoms with Crippen LogP contribution in [0.3, 0.4) is 0 Å². The van der Waals surface area contributed by atoms with Crippen LogP contribution in [0.1, 0.15) is 51.2 Å². The van der Waals surface area contributed by atoms with Crippen molar-refractivity contribution in [2.45, 2.75) is 59.4 Å². The Morgan fingerprint density at radius 2 is 1.85 bits per heavy atom. The summed E-state index contributed by atoms with van der Waals surface area (Å²) < 4.78 is 0. The van der Waals surface area contributed by atoms with Gasteiger partial charge in [-0.25, -0.2) is 0 Å². The molecule has 2 rings (SSSR count). The average molecular weight is 273 g/mol. The van der Waals surface area contributed by atoms with Gasteiger partial charge in [0.05, 0.1) is 0 Å². The van der Waals surface area contributed by atoms with Crippen LogP contribution in [0.15, 0.2) is 24.3 Å². The van der Waals surface area contributed by atoms with Crippen LogP contribution in [0.4, 0.5) is 0 Å². The Balaban J connectivity index is 2.06. The lowest BCUT2D eigenvalue weighted by Gasteiger charge is -2.37. The molecule has 0 spiro atoms. The fourth-order valence-electron chi connectivity index (χ4n) is 4.10. The van der Waals surface area contributed by atoms with Crippen LogP contribution >= 0.6 is 0 Å². The summed E-state index contributed by atoms with van der Waals surface area (Å²) in [7, 11) is 0. The third kappa shape index (κ3) is 4.34. The molecule has 0 heterocycles. The monoisotopic (exact) mass is 273 g/mol. The van der Waals surface area contributed by atoms with Crippen LogP contribution in [-0.4, -0.2) is 12.6 Å². The molecular formula is C19H31N. The van der Waals surface area contributed by atoms with E-state index < -0.39 is 0 Å². The summed E-state index contributed by atoms with van der Waals surface area (Å²) in [4.78, 5) is 0. The van der Waals surface area contributed by atoms with Gasteiger partial charge in [0.25, 0.3) is 0 Å². The average Bonchev–Trinajstić information content (AvgIpc) is 2.37. The Hall–Kier alpha value is -0.820. The third-order valence-corrected chi connectivity index (χ3v) is 4.79. The van der Waals surface area contributed by atoms with E-state index in [9.17, 15) is 0 Å². The first-order valence-corrected chi connectivity index (χ1v) is 8.37. The molecule has 1 saturated carbocycles. The molecule has 0 aliphatic heterocycles. The van der Waals surface area contributed by atoms with Crippen molar-refractivity contribution in [2.24, 2.45) is 17.8 Å². The fraction of sp³-hybridized carbons (Fsp3) is 0.684. The van der Waals surface area contributed by atoms with E-state index in [0.717, 1.165) is 24.3 Å². The number of benzene rings is 1. The maximum absolute atomic E-state index is 3.76. The number of rotatable bonds is 5. The predicted octanol–water partition coefficient (Wildman–Crippen LogP) is 4.59. The van der Waals surface area contributed by atoms with Crippen LogP contribution in [0.2, 0.25) is 0 Å². The van der Waals surface area contributed by atoms with Crippen molar-refractivity contribution in [3.63, 3.8) is 0 Å². The van der Waals surface area contributed by atoms with Crippen LogP contribution in [0, 0.1) is 24.7 Å². The molecule has 1 nitrogen and oxygen atoms in total. The van der Waals surface area contributed by atoms with Crippen molar-refractivity contribution in [3.8, 4) is 0 Å². The number of aryl methyl sites for hydroxylation is 1. The van der Waals surface area contributed by atoms with Gasteiger partial charge in [-0.15, -0.1) is 0 Å². The lowest BCUT2D eigenvalue weighted by atomic mass is 9.72. The number of hydrogen-bond acceptors (Lipinski definition) is 1. The highest BCUT2D eigenvalue weighted by atomic mass is 14.9. The molecule has 112 valence electrons. The standard InChI is InChI=1S/C19H31N/c1-5-20-19(13-17-8-6-7-14(2)10-17)18-11-15(3)9-16(4)12-18/h6-8,10,15-16,18-20H,5,9,11-13H2,1-4H3. The van der Waals surface area contributed by atoms with Crippen LogP contribution in [0.5, 0.6) is 0 Å². The Bertz CT molecular complexity index is 402. The Labute approximate surface area is 125 Å². The largest absolute Gasteiger partial charge is 0.314 e. The van der Waals surface area contributed by atoms with Gasteiger partial charge in [0, 0.05) is 6.04 Å². The zero-order valence-electron chi connectivity index (χ0n) is 13.7. The SMILES string of the molecule is CCNC(Cc1cccc(C)c1)C1CC(C)CC(C)C1. The zero-order valence-corrected chi connectivity index (χ0v) is 13.7. The molecule has 3 atom stereocenters. The van der Waals surface area contributed by atoms with Crippen molar-refractivity contribution >= 4 is 0 Å². The first-order valence-electron chi connectivity index (χ1n) is 8.37. The molecule has 1 aliphatic rings. The molecule has 0 saturated heterocycles. The summed E-state index contributed by atoms with van der Waals surface area (Å²) in [5.41, 5.74) is 2.87. The fourth-order valence-corrected chi connectivity index (χ4v) is 4.10. The van der Waals surface area contributed by atoms with Crippen LogP contribution in [-0.2, 0) is 6.42 Å². The van der Waals surface area contributed by atoms with E-state index in [1.807, 2.05) is 0 Å². The topological polar surface area (TPSA) is 12.0 Å². The van der Waals surface area contributed by atoms with E-state index in [4.69, 9.17) is 0 Å². The summed E-state index contributed by atoms with van der Waals surface area (Å²) in [6.45, 7) is 10.4. The van der Waals surface area contributed by atoms with E-state index in [1.165, 1.54) is 36.8 Å². The number of nitrogens with one attached hydrogen (secondary N) is 1. The molecule has 3 unspecified atom stereocenters. The zero-order chi connectivity index (χ0) is 14.5. The molecule has 1 aromatic rings.